The Labute approximate surface area is 126 Å². The smallest absolute Gasteiger partial charge is 0.221 e. The van der Waals surface area contributed by atoms with Crippen LogP contribution in [0, 0.1) is 13.8 Å². The summed E-state index contributed by atoms with van der Waals surface area (Å²) in [6, 6.07) is 14.7. The Balaban J connectivity index is 2.17. The average molecular weight is 282 g/mol. The molecule has 21 heavy (non-hydrogen) atoms. The first-order chi connectivity index (χ1) is 9.95. The van der Waals surface area contributed by atoms with Gasteiger partial charge < -0.3 is 10.6 Å². The molecule has 1 atom stereocenters. The summed E-state index contributed by atoms with van der Waals surface area (Å²) in [7, 11) is 0. The zero-order valence-electron chi connectivity index (χ0n) is 13.0. The van der Waals surface area contributed by atoms with Crippen molar-refractivity contribution in [3.05, 3.63) is 59.2 Å². The highest BCUT2D eigenvalue weighted by Gasteiger charge is 2.07. The van der Waals surface area contributed by atoms with E-state index in [4.69, 9.17) is 0 Å². The average Bonchev–Trinajstić information content (AvgIpc) is 2.42. The van der Waals surface area contributed by atoms with Gasteiger partial charge in [0.1, 0.15) is 0 Å². The Hall–Kier alpha value is -2.29. The Morgan fingerprint density at radius 3 is 2.52 bits per heavy atom. The van der Waals surface area contributed by atoms with Gasteiger partial charge in [-0.1, -0.05) is 35.9 Å². The van der Waals surface area contributed by atoms with Crippen molar-refractivity contribution in [3.8, 4) is 0 Å². The molecule has 0 aromatic heterocycles. The van der Waals surface area contributed by atoms with Gasteiger partial charge in [-0.15, -0.1) is 0 Å². The van der Waals surface area contributed by atoms with Crippen LogP contribution in [0.4, 0.5) is 11.4 Å². The first-order valence-electron chi connectivity index (χ1n) is 7.17. The van der Waals surface area contributed by atoms with Gasteiger partial charge in [0.05, 0.1) is 0 Å². The molecule has 3 nitrogen and oxygen atoms in total. The van der Waals surface area contributed by atoms with Gasteiger partial charge in [0.15, 0.2) is 0 Å². The SMILES string of the molecule is CC(=O)Nc1cc(NC(C)c2cccc(C)c2)ccc1C. The molecule has 2 rings (SSSR count). The zero-order valence-corrected chi connectivity index (χ0v) is 13.0. The second-order valence-corrected chi connectivity index (χ2v) is 5.49. The van der Waals surface area contributed by atoms with E-state index in [1.165, 1.54) is 18.1 Å². The van der Waals surface area contributed by atoms with Crippen molar-refractivity contribution in [1.29, 1.82) is 0 Å². The minimum absolute atomic E-state index is 0.0537. The monoisotopic (exact) mass is 282 g/mol. The highest BCUT2D eigenvalue weighted by molar-refractivity contribution is 5.90. The molecule has 0 aliphatic carbocycles. The van der Waals surface area contributed by atoms with Crippen molar-refractivity contribution in [2.75, 3.05) is 10.6 Å². The van der Waals surface area contributed by atoms with E-state index in [1.54, 1.807) is 0 Å². The molecule has 0 saturated heterocycles. The highest BCUT2D eigenvalue weighted by atomic mass is 16.1. The highest BCUT2D eigenvalue weighted by Crippen LogP contribution is 2.24. The maximum absolute atomic E-state index is 11.2. The third-order valence-corrected chi connectivity index (χ3v) is 3.47. The van der Waals surface area contributed by atoms with Gasteiger partial charge in [-0.3, -0.25) is 4.79 Å². The fourth-order valence-electron chi connectivity index (χ4n) is 2.31. The Morgan fingerprint density at radius 2 is 1.86 bits per heavy atom. The van der Waals surface area contributed by atoms with E-state index < -0.39 is 0 Å². The number of amides is 1. The molecule has 2 aromatic rings. The predicted octanol–water partition coefficient (Wildman–Crippen LogP) is 4.43. The van der Waals surface area contributed by atoms with Crippen LogP contribution in [-0.2, 0) is 4.79 Å². The molecule has 110 valence electrons. The molecule has 1 unspecified atom stereocenters. The fraction of sp³-hybridized carbons (Fsp3) is 0.278. The number of hydrogen-bond acceptors (Lipinski definition) is 2. The number of carbonyl (C=O) groups is 1. The first kappa shape index (κ1) is 15.1. The third kappa shape index (κ3) is 4.09. The Bertz CT molecular complexity index is 649. The van der Waals surface area contributed by atoms with E-state index in [-0.39, 0.29) is 11.9 Å². The van der Waals surface area contributed by atoms with Crippen LogP contribution in [0.3, 0.4) is 0 Å². The summed E-state index contributed by atoms with van der Waals surface area (Å²) in [5.74, 6) is -0.0537. The minimum atomic E-state index is -0.0537. The van der Waals surface area contributed by atoms with Crippen molar-refractivity contribution in [3.63, 3.8) is 0 Å². The van der Waals surface area contributed by atoms with E-state index in [1.807, 2.05) is 25.1 Å². The van der Waals surface area contributed by atoms with Gasteiger partial charge >= 0.3 is 0 Å². The van der Waals surface area contributed by atoms with Crippen LogP contribution < -0.4 is 10.6 Å². The lowest BCUT2D eigenvalue weighted by molar-refractivity contribution is -0.114. The topological polar surface area (TPSA) is 41.1 Å². The van der Waals surface area contributed by atoms with E-state index in [9.17, 15) is 4.79 Å². The molecule has 2 N–H and O–H groups in total. The predicted molar refractivity (Wildman–Crippen MR) is 88.7 cm³/mol. The Morgan fingerprint density at radius 1 is 1.10 bits per heavy atom. The quantitative estimate of drug-likeness (QED) is 0.870. The molecule has 0 spiro atoms. The summed E-state index contributed by atoms with van der Waals surface area (Å²) in [6.45, 7) is 7.73. The molecule has 0 aliphatic heterocycles. The van der Waals surface area contributed by atoms with Gasteiger partial charge in [-0.05, 0) is 44.0 Å². The zero-order chi connectivity index (χ0) is 15.4. The number of aryl methyl sites for hydroxylation is 2. The molecule has 1 amide bonds. The Kier molecular flexibility index (Phi) is 4.63. The minimum Gasteiger partial charge on any atom is -0.378 e. The summed E-state index contributed by atoms with van der Waals surface area (Å²) < 4.78 is 0. The first-order valence-corrected chi connectivity index (χ1v) is 7.17. The number of hydrogen-bond donors (Lipinski definition) is 2. The van der Waals surface area contributed by atoms with Crippen LogP contribution in [0.5, 0.6) is 0 Å². The number of benzene rings is 2. The maximum Gasteiger partial charge on any atom is 0.221 e. The molecule has 0 aliphatic rings. The fourth-order valence-corrected chi connectivity index (χ4v) is 2.31. The van der Waals surface area contributed by atoms with Crippen molar-refractivity contribution in [2.45, 2.75) is 33.7 Å². The standard InChI is InChI=1S/C18H22N2O/c1-12-6-5-7-16(10-12)14(3)19-17-9-8-13(2)18(11-17)20-15(4)21/h5-11,14,19H,1-4H3,(H,20,21). The van der Waals surface area contributed by atoms with Crippen molar-refractivity contribution >= 4 is 17.3 Å². The largest absolute Gasteiger partial charge is 0.378 e. The molecule has 0 bridgehead atoms. The van der Waals surface area contributed by atoms with Crippen LogP contribution >= 0.6 is 0 Å². The summed E-state index contributed by atoms with van der Waals surface area (Å²) in [6.07, 6.45) is 0. The van der Waals surface area contributed by atoms with Crippen molar-refractivity contribution in [2.24, 2.45) is 0 Å². The summed E-state index contributed by atoms with van der Waals surface area (Å²) in [5.41, 5.74) is 5.40. The molecular weight excluding hydrogens is 260 g/mol. The summed E-state index contributed by atoms with van der Waals surface area (Å²) in [5, 5.41) is 6.33. The van der Waals surface area contributed by atoms with Crippen LogP contribution in [0.25, 0.3) is 0 Å². The maximum atomic E-state index is 11.2. The van der Waals surface area contributed by atoms with Crippen LogP contribution in [0.1, 0.15) is 36.6 Å². The number of nitrogens with one attached hydrogen (secondary N) is 2. The number of carbonyl (C=O) groups excluding carboxylic acids is 1. The lowest BCUT2D eigenvalue weighted by Gasteiger charge is -2.18. The third-order valence-electron chi connectivity index (χ3n) is 3.47. The van der Waals surface area contributed by atoms with Gasteiger partial charge in [0.25, 0.3) is 0 Å². The van der Waals surface area contributed by atoms with Crippen molar-refractivity contribution < 1.29 is 4.79 Å². The van der Waals surface area contributed by atoms with Crippen LogP contribution in [0.15, 0.2) is 42.5 Å². The molecule has 0 saturated carbocycles. The molecule has 0 fully saturated rings. The normalized spacial score (nSPS) is 11.8. The van der Waals surface area contributed by atoms with Gasteiger partial charge in [0, 0.05) is 24.3 Å². The molecule has 0 heterocycles. The van der Waals surface area contributed by atoms with E-state index in [0.717, 1.165) is 16.9 Å². The molecular formula is C18H22N2O. The van der Waals surface area contributed by atoms with E-state index >= 15 is 0 Å². The van der Waals surface area contributed by atoms with E-state index in [2.05, 4.69) is 48.7 Å². The van der Waals surface area contributed by atoms with Gasteiger partial charge in [0.2, 0.25) is 5.91 Å². The van der Waals surface area contributed by atoms with Gasteiger partial charge in [-0.25, -0.2) is 0 Å². The van der Waals surface area contributed by atoms with Crippen LogP contribution in [0.2, 0.25) is 0 Å². The number of rotatable bonds is 4. The lowest BCUT2D eigenvalue weighted by Crippen LogP contribution is -2.10. The summed E-state index contributed by atoms with van der Waals surface area (Å²) >= 11 is 0. The second kappa shape index (κ2) is 6.44. The van der Waals surface area contributed by atoms with Crippen molar-refractivity contribution in [1.82, 2.24) is 0 Å². The van der Waals surface area contributed by atoms with E-state index in [0.29, 0.717) is 0 Å². The van der Waals surface area contributed by atoms with Crippen LogP contribution in [-0.4, -0.2) is 5.91 Å². The number of anilines is 2. The molecule has 2 aromatic carbocycles. The second-order valence-electron chi connectivity index (χ2n) is 5.49. The lowest BCUT2D eigenvalue weighted by atomic mass is 10.1. The summed E-state index contributed by atoms with van der Waals surface area (Å²) in [4.78, 5) is 11.2. The van der Waals surface area contributed by atoms with Gasteiger partial charge in [-0.2, -0.15) is 0 Å². The molecule has 3 heteroatoms. The molecule has 0 radical (unpaired) electrons.